The second-order valence-electron chi connectivity index (χ2n) is 5.59. The molecular formula is C16H21F3N2O4. The number of carbonyl (C=O) groups is 2. The standard InChI is InChI=1S/C16H21F3N2O4/c1-10(2)25-12-6-5-11(13(8-12)16(17,18)19)9-21-15(24)20-7-3-4-14(22)23/h5-6,8,10H,3-4,7,9H2,1-2H3,(H,22,23)(H2,20,21,24). The average Bonchev–Trinajstić information content (AvgIpc) is 2.48. The molecule has 9 heteroatoms. The molecule has 1 aromatic carbocycles. The number of halogens is 3. The first-order valence-corrected chi connectivity index (χ1v) is 7.70. The molecule has 0 bridgehead atoms. The summed E-state index contributed by atoms with van der Waals surface area (Å²) in [6.07, 6.45) is -4.71. The van der Waals surface area contributed by atoms with E-state index in [0.717, 1.165) is 6.07 Å². The number of nitrogens with one attached hydrogen (secondary N) is 2. The second-order valence-corrected chi connectivity index (χ2v) is 5.59. The van der Waals surface area contributed by atoms with Gasteiger partial charge in [-0.25, -0.2) is 4.79 Å². The van der Waals surface area contributed by atoms with Gasteiger partial charge < -0.3 is 20.5 Å². The highest BCUT2D eigenvalue weighted by atomic mass is 19.4. The van der Waals surface area contributed by atoms with E-state index in [0.29, 0.717) is 0 Å². The van der Waals surface area contributed by atoms with Crippen molar-refractivity contribution in [3.8, 4) is 5.75 Å². The van der Waals surface area contributed by atoms with E-state index < -0.39 is 23.7 Å². The van der Waals surface area contributed by atoms with E-state index in [4.69, 9.17) is 9.84 Å². The van der Waals surface area contributed by atoms with Crippen LogP contribution in [0.3, 0.4) is 0 Å². The van der Waals surface area contributed by atoms with Crippen molar-refractivity contribution in [1.82, 2.24) is 10.6 Å². The van der Waals surface area contributed by atoms with Crippen molar-refractivity contribution in [2.24, 2.45) is 0 Å². The van der Waals surface area contributed by atoms with Crippen LogP contribution in [0.2, 0.25) is 0 Å². The highest BCUT2D eigenvalue weighted by Crippen LogP contribution is 2.34. The van der Waals surface area contributed by atoms with Crippen molar-refractivity contribution >= 4 is 12.0 Å². The Morgan fingerprint density at radius 2 is 1.92 bits per heavy atom. The van der Waals surface area contributed by atoms with Gasteiger partial charge in [0.2, 0.25) is 0 Å². The number of amides is 2. The molecule has 0 heterocycles. The number of rotatable bonds is 8. The summed E-state index contributed by atoms with van der Waals surface area (Å²) >= 11 is 0. The monoisotopic (exact) mass is 362 g/mol. The number of carboxylic acid groups (broad SMARTS) is 1. The second kappa shape index (κ2) is 9.14. The molecule has 0 aliphatic heterocycles. The number of urea groups is 1. The molecule has 0 saturated carbocycles. The van der Waals surface area contributed by atoms with Crippen LogP contribution in [0.4, 0.5) is 18.0 Å². The first kappa shape index (κ1) is 20.6. The van der Waals surface area contributed by atoms with E-state index in [1.54, 1.807) is 13.8 Å². The summed E-state index contributed by atoms with van der Waals surface area (Å²) in [5.41, 5.74) is -0.971. The lowest BCUT2D eigenvalue weighted by Crippen LogP contribution is -2.36. The fraction of sp³-hybridized carbons (Fsp3) is 0.500. The van der Waals surface area contributed by atoms with E-state index >= 15 is 0 Å². The lowest BCUT2D eigenvalue weighted by molar-refractivity contribution is -0.138. The maximum absolute atomic E-state index is 13.2. The van der Waals surface area contributed by atoms with E-state index in [-0.39, 0.29) is 43.3 Å². The molecule has 1 rings (SSSR count). The minimum atomic E-state index is -4.58. The molecule has 0 aromatic heterocycles. The summed E-state index contributed by atoms with van der Waals surface area (Å²) in [7, 11) is 0. The molecule has 0 radical (unpaired) electrons. The molecule has 0 aliphatic rings. The summed E-state index contributed by atoms with van der Waals surface area (Å²) in [4.78, 5) is 21.9. The summed E-state index contributed by atoms with van der Waals surface area (Å²) in [6.45, 7) is 3.21. The SMILES string of the molecule is CC(C)Oc1ccc(CNC(=O)NCCCC(=O)O)c(C(F)(F)F)c1. The molecule has 140 valence electrons. The van der Waals surface area contributed by atoms with Crippen molar-refractivity contribution in [2.45, 2.75) is 45.5 Å². The summed E-state index contributed by atoms with van der Waals surface area (Å²) in [5.74, 6) is -0.884. The van der Waals surface area contributed by atoms with Gasteiger partial charge in [-0.3, -0.25) is 4.79 Å². The van der Waals surface area contributed by atoms with E-state index in [1.165, 1.54) is 12.1 Å². The zero-order valence-electron chi connectivity index (χ0n) is 13.9. The third-order valence-electron chi connectivity index (χ3n) is 3.05. The number of aliphatic carboxylic acids is 1. The average molecular weight is 362 g/mol. The van der Waals surface area contributed by atoms with Gasteiger partial charge in [-0.15, -0.1) is 0 Å². The number of benzene rings is 1. The van der Waals surface area contributed by atoms with E-state index in [9.17, 15) is 22.8 Å². The number of carbonyl (C=O) groups excluding carboxylic acids is 1. The van der Waals surface area contributed by atoms with Crippen LogP contribution in [0.15, 0.2) is 18.2 Å². The van der Waals surface area contributed by atoms with Gasteiger partial charge in [0.05, 0.1) is 11.7 Å². The summed E-state index contributed by atoms with van der Waals surface area (Å²) in [6, 6.07) is 2.91. The van der Waals surface area contributed by atoms with Crippen molar-refractivity contribution in [2.75, 3.05) is 6.54 Å². The first-order valence-electron chi connectivity index (χ1n) is 7.70. The van der Waals surface area contributed by atoms with Crippen LogP contribution < -0.4 is 15.4 Å². The normalized spacial score (nSPS) is 11.3. The Balaban J connectivity index is 2.68. The predicted octanol–water partition coefficient (Wildman–Crippen LogP) is 3.16. The quantitative estimate of drug-likeness (QED) is 0.620. The molecule has 0 saturated heterocycles. The van der Waals surface area contributed by atoms with Crippen molar-refractivity contribution < 1.29 is 32.6 Å². The molecule has 1 aromatic rings. The molecule has 0 unspecified atom stereocenters. The summed E-state index contributed by atoms with van der Waals surface area (Å²) < 4.78 is 44.8. The van der Waals surface area contributed by atoms with Gasteiger partial charge in [-0.05, 0) is 38.0 Å². The number of hydrogen-bond donors (Lipinski definition) is 3. The highest BCUT2D eigenvalue weighted by molar-refractivity contribution is 5.74. The smallest absolute Gasteiger partial charge is 0.416 e. The molecule has 0 atom stereocenters. The number of ether oxygens (including phenoxy) is 1. The maximum atomic E-state index is 13.2. The van der Waals surface area contributed by atoms with Gasteiger partial charge in [-0.1, -0.05) is 6.07 Å². The molecular weight excluding hydrogens is 341 g/mol. The molecule has 2 amide bonds. The topological polar surface area (TPSA) is 87.7 Å². The Kier molecular flexibility index (Phi) is 7.53. The van der Waals surface area contributed by atoms with Crippen LogP contribution in [0.5, 0.6) is 5.75 Å². The fourth-order valence-electron chi connectivity index (χ4n) is 2.00. The molecule has 6 nitrogen and oxygen atoms in total. The van der Waals surface area contributed by atoms with E-state index in [1.807, 2.05) is 0 Å². The zero-order valence-corrected chi connectivity index (χ0v) is 13.9. The Morgan fingerprint density at radius 1 is 1.24 bits per heavy atom. The van der Waals surface area contributed by atoms with Gasteiger partial charge in [0, 0.05) is 19.5 Å². The molecule has 3 N–H and O–H groups in total. The van der Waals surface area contributed by atoms with Gasteiger partial charge in [0.1, 0.15) is 5.75 Å². The fourth-order valence-corrected chi connectivity index (χ4v) is 2.00. The molecule has 0 spiro atoms. The van der Waals surface area contributed by atoms with Crippen LogP contribution in [0.25, 0.3) is 0 Å². The van der Waals surface area contributed by atoms with Crippen LogP contribution in [0, 0.1) is 0 Å². The lowest BCUT2D eigenvalue weighted by Gasteiger charge is -2.17. The third-order valence-corrected chi connectivity index (χ3v) is 3.05. The molecule has 25 heavy (non-hydrogen) atoms. The predicted molar refractivity (Wildman–Crippen MR) is 84.3 cm³/mol. The molecule has 0 aliphatic carbocycles. The minimum absolute atomic E-state index is 0.0932. The molecule has 0 fully saturated rings. The van der Waals surface area contributed by atoms with Gasteiger partial charge in [0.25, 0.3) is 0 Å². The zero-order chi connectivity index (χ0) is 19.0. The Hall–Kier alpha value is -2.45. The number of hydrogen-bond acceptors (Lipinski definition) is 3. The van der Waals surface area contributed by atoms with Gasteiger partial charge in [0.15, 0.2) is 0 Å². The van der Waals surface area contributed by atoms with Crippen molar-refractivity contribution in [3.63, 3.8) is 0 Å². The Labute approximate surface area is 143 Å². The third kappa shape index (κ3) is 7.77. The van der Waals surface area contributed by atoms with Crippen molar-refractivity contribution in [3.05, 3.63) is 29.3 Å². The van der Waals surface area contributed by atoms with E-state index in [2.05, 4.69) is 10.6 Å². The summed E-state index contributed by atoms with van der Waals surface area (Å²) in [5, 5.41) is 13.2. The largest absolute Gasteiger partial charge is 0.491 e. The first-order chi connectivity index (χ1) is 11.6. The number of alkyl halides is 3. The van der Waals surface area contributed by atoms with Crippen LogP contribution in [-0.4, -0.2) is 29.8 Å². The maximum Gasteiger partial charge on any atom is 0.416 e. The number of carboxylic acids is 1. The van der Waals surface area contributed by atoms with Crippen LogP contribution in [0.1, 0.15) is 37.8 Å². The Morgan fingerprint density at radius 3 is 2.48 bits per heavy atom. The minimum Gasteiger partial charge on any atom is -0.491 e. The van der Waals surface area contributed by atoms with Crippen LogP contribution in [-0.2, 0) is 17.5 Å². The van der Waals surface area contributed by atoms with Gasteiger partial charge in [-0.2, -0.15) is 13.2 Å². The van der Waals surface area contributed by atoms with Crippen molar-refractivity contribution in [1.29, 1.82) is 0 Å². The highest BCUT2D eigenvalue weighted by Gasteiger charge is 2.33. The van der Waals surface area contributed by atoms with Gasteiger partial charge >= 0.3 is 18.2 Å². The lowest BCUT2D eigenvalue weighted by atomic mass is 10.1. The Bertz CT molecular complexity index is 604. The van der Waals surface area contributed by atoms with Crippen LogP contribution >= 0.6 is 0 Å².